The molecule has 2 amide bonds. The lowest BCUT2D eigenvalue weighted by Crippen LogP contribution is -2.16. The van der Waals surface area contributed by atoms with E-state index >= 15 is 0 Å². The average molecular weight is 357 g/mol. The number of anilines is 2. The summed E-state index contributed by atoms with van der Waals surface area (Å²) in [6.45, 7) is 1.86. The van der Waals surface area contributed by atoms with Gasteiger partial charge in [-0.2, -0.15) is 0 Å². The Bertz CT molecular complexity index is 843. The van der Waals surface area contributed by atoms with Crippen LogP contribution in [0.15, 0.2) is 47.3 Å². The number of hydrogen-bond acceptors (Lipinski definition) is 5. The first-order valence-electron chi connectivity index (χ1n) is 7.25. The van der Waals surface area contributed by atoms with Gasteiger partial charge in [0.2, 0.25) is 5.91 Å². The molecule has 0 saturated heterocycles. The van der Waals surface area contributed by atoms with E-state index in [1.807, 2.05) is 24.4 Å². The molecule has 0 atom stereocenters. The smallest absolute Gasteiger partial charge is 0.257 e. The Morgan fingerprint density at radius 3 is 2.67 bits per heavy atom. The molecule has 0 aliphatic carbocycles. The monoisotopic (exact) mass is 357 g/mol. The van der Waals surface area contributed by atoms with Gasteiger partial charge < -0.3 is 5.32 Å². The van der Waals surface area contributed by atoms with Crippen molar-refractivity contribution in [3.05, 3.63) is 63.3 Å². The van der Waals surface area contributed by atoms with Crippen molar-refractivity contribution in [3.8, 4) is 0 Å². The molecule has 2 N–H and O–H groups in total. The van der Waals surface area contributed by atoms with Crippen LogP contribution in [0.3, 0.4) is 0 Å². The fourth-order valence-electron chi connectivity index (χ4n) is 2.17. The number of aromatic nitrogens is 1. The van der Waals surface area contributed by atoms with Gasteiger partial charge in [0.25, 0.3) is 5.91 Å². The number of carbonyl (C=O) groups is 2. The van der Waals surface area contributed by atoms with Gasteiger partial charge in [0.15, 0.2) is 5.13 Å². The standard InChI is InChI=1S/C17H15N3O2S2/c1-11-9-12(16(22)20-17-18-6-8-24-17)4-5-14(11)19-15(21)10-13-3-2-7-23-13/h2-9H,10H2,1H3,(H,19,21)(H,18,20,22). The van der Waals surface area contributed by atoms with E-state index in [1.165, 1.54) is 11.3 Å². The van der Waals surface area contributed by atoms with E-state index in [0.717, 1.165) is 10.4 Å². The van der Waals surface area contributed by atoms with Gasteiger partial charge in [-0.05, 0) is 42.1 Å². The Balaban J connectivity index is 1.65. The van der Waals surface area contributed by atoms with Gasteiger partial charge in [-0.3, -0.25) is 14.9 Å². The first-order chi connectivity index (χ1) is 11.6. The Morgan fingerprint density at radius 1 is 1.12 bits per heavy atom. The van der Waals surface area contributed by atoms with Crippen molar-refractivity contribution >= 4 is 45.3 Å². The zero-order valence-electron chi connectivity index (χ0n) is 12.9. The summed E-state index contributed by atoms with van der Waals surface area (Å²) in [6.07, 6.45) is 1.99. The van der Waals surface area contributed by atoms with Crippen LogP contribution < -0.4 is 10.6 Å². The van der Waals surface area contributed by atoms with Crippen LogP contribution in [0.1, 0.15) is 20.8 Å². The molecule has 0 fully saturated rings. The summed E-state index contributed by atoms with van der Waals surface area (Å²) in [6, 6.07) is 9.05. The van der Waals surface area contributed by atoms with Crippen molar-refractivity contribution in [2.24, 2.45) is 0 Å². The highest BCUT2D eigenvalue weighted by Crippen LogP contribution is 2.19. The molecule has 2 heterocycles. The minimum absolute atomic E-state index is 0.0689. The van der Waals surface area contributed by atoms with Crippen LogP contribution in [0.5, 0.6) is 0 Å². The molecule has 0 aliphatic heterocycles. The van der Waals surface area contributed by atoms with E-state index in [2.05, 4.69) is 15.6 Å². The molecular formula is C17H15N3O2S2. The minimum atomic E-state index is -0.218. The highest BCUT2D eigenvalue weighted by molar-refractivity contribution is 7.13. The van der Waals surface area contributed by atoms with Gasteiger partial charge in [-0.25, -0.2) is 4.98 Å². The van der Waals surface area contributed by atoms with Gasteiger partial charge in [0, 0.05) is 27.7 Å². The largest absolute Gasteiger partial charge is 0.326 e. The van der Waals surface area contributed by atoms with E-state index < -0.39 is 0 Å². The normalized spacial score (nSPS) is 10.4. The van der Waals surface area contributed by atoms with Gasteiger partial charge >= 0.3 is 0 Å². The molecule has 2 aromatic heterocycles. The number of hydrogen-bond donors (Lipinski definition) is 2. The molecule has 1 aromatic carbocycles. The van der Waals surface area contributed by atoms with Crippen LogP contribution in [-0.2, 0) is 11.2 Å². The first kappa shape index (κ1) is 16.4. The number of thiophene rings is 1. The number of nitrogens with one attached hydrogen (secondary N) is 2. The van der Waals surface area contributed by atoms with Crippen LogP contribution in [0.4, 0.5) is 10.8 Å². The summed E-state index contributed by atoms with van der Waals surface area (Å²) in [7, 11) is 0. The molecule has 0 spiro atoms. The topological polar surface area (TPSA) is 71.1 Å². The lowest BCUT2D eigenvalue weighted by atomic mass is 10.1. The third kappa shape index (κ3) is 4.06. The van der Waals surface area contributed by atoms with Crippen molar-refractivity contribution in [2.75, 3.05) is 10.6 Å². The molecule has 3 rings (SSSR count). The Morgan fingerprint density at radius 2 is 2.00 bits per heavy atom. The highest BCUT2D eigenvalue weighted by atomic mass is 32.1. The molecule has 7 heteroatoms. The number of benzene rings is 1. The molecule has 0 bridgehead atoms. The third-order valence-corrected chi connectivity index (χ3v) is 4.90. The minimum Gasteiger partial charge on any atom is -0.326 e. The van der Waals surface area contributed by atoms with E-state index in [1.54, 1.807) is 41.1 Å². The predicted molar refractivity (Wildman–Crippen MR) is 97.9 cm³/mol. The van der Waals surface area contributed by atoms with E-state index in [-0.39, 0.29) is 11.8 Å². The van der Waals surface area contributed by atoms with Crippen molar-refractivity contribution in [3.63, 3.8) is 0 Å². The van der Waals surface area contributed by atoms with Crippen LogP contribution in [-0.4, -0.2) is 16.8 Å². The Hall–Kier alpha value is -2.51. The molecule has 0 unspecified atom stereocenters. The van der Waals surface area contributed by atoms with Crippen LogP contribution in [0, 0.1) is 6.92 Å². The summed E-state index contributed by atoms with van der Waals surface area (Å²) in [4.78, 5) is 29.3. The number of nitrogens with zero attached hydrogens (tertiary/aromatic N) is 1. The molecule has 0 aliphatic rings. The van der Waals surface area contributed by atoms with Gasteiger partial charge in [0.1, 0.15) is 0 Å². The van der Waals surface area contributed by atoms with Gasteiger partial charge in [-0.1, -0.05) is 6.07 Å². The summed E-state index contributed by atoms with van der Waals surface area (Å²) in [5, 5.41) is 9.93. The maximum atomic E-state index is 12.2. The molecule has 0 saturated carbocycles. The second-order valence-electron chi connectivity index (χ2n) is 5.13. The van der Waals surface area contributed by atoms with Crippen molar-refractivity contribution in [2.45, 2.75) is 13.3 Å². The number of rotatable bonds is 5. The first-order valence-corrected chi connectivity index (χ1v) is 9.01. The quantitative estimate of drug-likeness (QED) is 0.726. The zero-order valence-corrected chi connectivity index (χ0v) is 14.5. The maximum Gasteiger partial charge on any atom is 0.257 e. The summed E-state index contributed by atoms with van der Waals surface area (Å²) >= 11 is 2.92. The van der Waals surface area contributed by atoms with Crippen LogP contribution in [0.25, 0.3) is 0 Å². The fraction of sp³-hybridized carbons (Fsp3) is 0.118. The lowest BCUT2D eigenvalue weighted by Gasteiger charge is -2.10. The third-order valence-electron chi connectivity index (χ3n) is 3.33. The molecule has 3 aromatic rings. The lowest BCUT2D eigenvalue weighted by molar-refractivity contribution is -0.115. The molecule has 0 radical (unpaired) electrons. The maximum absolute atomic E-state index is 12.2. The van der Waals surface area contributed by atoms with Crippen molar-refractivity contribution in [1.82, 2.24) is 4.98 Å². The van der Waals surface area contributed by atoms with E-state index in [4.69, 9.17) is 0 Å². The van der Waals surface area contributed by atoms with Crippen molar-refractivity contribution < 1.29 is 9.59 Å². The molecule has 122 valence electrons. The van der Waals surface area contributed by atoms with E-state index in [9.17, 15) is 9.59 Å². The summed E-state index contributed by atoms with van der Waals surface area (Å²) < 4.78 is 0. The van der Waals surface area contributed by atoms with Crippen LogP contribution >= 0.6 is 22.7 Å². The van der Waals surface area contributed by atoms with Crippen molar-refractivity contribution in [1.29, 1.82) is 0 Å². The second-order valence-corrected chi connectivity index (χ2v) is 7.05. The summed E-state index contributed by atoms with van der Waals surface area (Å²) in [5.74, 6) is -0.287. The highest BCUT2D eigenvalue weighted by Gasteiger charge is 2.11. The molecule has 5 nitrogen and oxygen atoms in total. The molecule has 24 heavy (non-hydrogen) atoms. The van der Waals surface area contributed by atoms with Gasteiger partial charge in [-0.15, -0.1) is 22.7 Å². The zero-order chi connectivity index (χ0) is 16.9. The number of aryl methyl sites for hydroxylation is 1. The Kier molecular flexibility index (Phi) is 5.02. The number of amides is 2. The fourth-order valence-corrected chi connectivity index (χ4v) is 3.39. The molecular weight excluding hydrogens is 342 g/mol. The average Bonchev–Trinajstić information content (AvgIpc) is 3.23. The van der Waals surface area contributed by atoms with E-state index in [0.29, 0.717) is 22.8 Å². The second kappa shape index (κ2) is 7.37. The number of thiazole rings is 1. The SMILES string of the molecule is Cc1cc(C(=O)Nc2nccs2)ccc1NC(=O)Cc1cccs1. The van der Waals surface area contributed by atoms with Crippen LogP contribution in [0.2, 0.25) is 0 Å². The van der Waals surface area contributed by atoms with Gasteiger partial charge in [0.05, 0.1) is 6.42 Å². The predicted octanol–water partition coefficient (Wildman–Crippen LogP) is 3.95. The Labute approximate surface area is 147 Å². The summed E-state index contributed by atoms with van der Waals surface area (Å²) in [5.41, 5.74) is 2.07. The number of carbonyl (C=O) groups excluding carboxylic acids is 2.